The Labute approximate surface area is 97.8 Å². The number of unbranched alkanes of at least 4 members (excludes halogenated alkanes) is 1. The summed E-state index contributed by atoms with van der Waals surface area (Å²) in [4.78, 5) is 0. The highest BCUT2D eigenvalue weighted by Crippen LogP contribution is 2.65. The molecular formula is C13H23NS. The van der Waals surface area contributed by atoms with Crippen molar-refractivity contribution in [2.24, 2.45) is 23.7 Å². The highest BCUT2D eigenvalue weighted by atomic mass is 32.2. The summed E-state index contributed by atoms with van der Waals surface area (Å²) in [6, 6.07) is 0.950. The first kappa shape index (κ1) is 10.5. The second kappa shape index (κ2) is 4.29. The average molecular weight is 225 g/mol. The lowest BCUT2D eigenvalue weighted by atomic mass is 10.0. The molecule has 4 unspecified atom stereocenters. The van der Waals surface area contributed by atoms with Gasteiger partial charge in [-0.15, -0.1) is 0 Å². The molecule has 0 heterocycles. The summed E-state index contributed by atoms with van der Waals surface area (Å²) in [5.74, 6) is 5.82. The summed E-state index contributed by atoms with van der Waals surface area (Å²) < 4.78 is 0. The smallest absolute Gasteiger partial charge is 0.0135 e. The first-order chi connectivity index (χ1) is 7.42. The maximum atomic E-state index is 3.81. The third kappa shape index (κ3) is 1.84. The molecule has 3 fully saturated rings. The molecule has 86 valence electrons. The van der Waals surface area contributed by atoms with Crippen LogP contribution < -0.4 is 5.32 Å². The predicted molar refractivity (Wildman–Crippen MR) is 67.2 cm³/mol. The van der Waals surface area contributed by atoms with Crippen molar-refractivity contribution < 1.29 is 0 Å². The van der Waals surface area contributed by atoms with Crippen molar-refractivity contribution in [2.75, 3.05) is 18.6 Å². The zero-order valence-electron chi connectivity index (χ0n) is 9.74. The van der Waals surface area contributed by atoms with Crippen LogP contribution in [-0.4, -0.2) is 24.6 Å². The van der Waals surface area contributed by atoms with Gasteiger partial charge in [0.15, 0.2) is 0 Å². The molecule has 0 radical (unpaired) electrons. The molecule has 3 aliphatic rings. The topological polar surface area (TPSA) is 12.0 Å². The van der Waals surface area contributed by atoms with E-state index in [1.807, 2.05) is 11.8 Å². The summed E-state index contributed by atoms with van der Waals surface area (Å²) in [5, 5.41) is 3.81. The lowest BCUT2D eigenvalue weighted by Gasteiger charge is -2.10. The van der Waals surface area contributed by atoms with Crippen LogP contribution in [0.3, 0.4) is 0 Å². The molecule has 2 heteroatoms. The molecule has 1 N–H and O–H groups in total. The van der Waals surface area contributed by atoms with Crippen molar-refractivity contribution in [1.29, 1.82) is 0 Å². The molecular weight excluding hydrogens is 202 g/mol. The first-order valence-electron chi connectivity index (χ1n) is 6.64. The Morgan fingerprint density at radius 1 is 1.13 bits per heavy atom. The number of rotatable bonds is 6. The van der Waals surface area contributed by atoms with Crippen molar-refractivity contribution in [3.63, 3.8) is 0 Å². The van der Waals surface area contributed by atoms with Gasteiger partial charge in [0.2, 0.25) is 0 Å². The van der Waals surface area contributed by atoms with Gasteiger partial charge in [0.25, 0.3) is 0 Å². The van der Waals surface area contributed by atoms with E-state index < -0.39 is 0 Å². The third-order valence-corrected chi connectivity index (χ3v) is 5.59. The van der Waals surface area contributed by atoms with Gasteiger partial charge in [-0.25, -0.2) is 0 Å². The molecule has 3 saturated carbocycles. The number of hydrogen-bond donors (Lipinski definition) is 1. The van der Waals surface area contributed by atoms with E-state index in [4.69, 9.17) is 0 Å². The van der Waals surface area contributed by atoms with E-state index in [0.717, 1.165) is 29.7 Å². The molecule has 2 bridgehead atoms. The van der Waals surface area contributed by atoms with Crippen molar-refractivity contribution >= 4 is 11.8 Å². The molecule has 3 rings (SSSR count). The summed E-state index contributed by atoms with van der Waals surface area (Å²) >= 11 is 1.98. The lowest BCUT2D eigenvalue weighted by Crippen LogP contribution is -2.24. The normalized spacial score (nSPS) is 45.8. The lowest BCUT2D eigenvalue weighted by molar-refractivity contribution is 0.456. The van der Waals surface area contributed by atoms with E-state index in [9.17, 15) is 0 Å². The average Bonchev–Trinajstić information content (AvgIpc) is 2.67. The van der Waals surface area contributed by atoms with Crippen LogP contribution >= 0.6 is 11.8 Å². The van der Waals surface area contributed by atoms with Crippen LogP contribution in [0.15, 0.2) is 0 Å². The summed E-state index contributed by atoms with van der Waals surface area (Å²) in [6.45, 7) is 1.28. The maximum Gasteiger partial charge on any atom is 0.0135 e. The monoisotopic (exact) mass is 225 g/mol. The minimum Gasteiger partial charge on any atom is -0.313 e. The highest BCUT2D eigenvalue weighted by Gasteiger charge is 2.64. The Kier molecular flexibility index (Phi) is 2.99. The Balaban J connectivity index is 1.34. The van der Waals surface area contributed by atoms with Gasteiger partial charge in [-0.2, -0.15) is 11.8 Å². The maximum absolute atomic E-state index is 3.81. The molecule has 3 aliphatic carbocycles. The Bertz CT molecular complexity index is 215. The zero-order chi connectivity index (χ0) is 10.3. The van der Waals surface area contributed by atoms with Crippen LogP contribution in [0, 0.1) is 23.7 Å². The molecule has 0 amide bonds. The predicted octanol–water partition coefficient (Wildman–Crippen LogP) is 2.76. The third-order valence-electron chi connectivity index (χ3n) is 4.89. The van der Waals surface area contributed by atoms with Gasteiger partial charge in [0.05, 0.1) is 0 Å². The van der Waals surface area contributed by atoms with E-state index in [0.29, 0.717) is 0 Å². The van der Waals surface area contributed by atoms with Gasteiger partial charge >= 0.3 is 0 Å². The van der Waals surface area contributed by atoms with E-state index in [-0.39, 0.29) is 0 Å². The van der Waals surface area contributed by atoms with Crippen molar-refractivity contribution in [2.45, 2.75) is 38.1 Å². The molecule has 4 atom stereocenters. The van der Waals surface area contributed by atoms with Crippen LogP contribution in [0.25, 0.3) is 0 Å². The number of thioether (sulfide) groups is 1. The largest absolute Gasteiger partial charge is 0.313 e. The molecule has 0 aliphatic heterocycles. The fourth-order valence-electron chi connectivity index (χ4n) is 4.24. The van der Waals surface area contributed by atoms with Crippen molar-refractivity contribution in [3.8, 4) is 0 Å². The molecule has 0 aromatic rings. The summed E-state index contributed by atoms with van der Waals surface area (Å²) in [7, 11) is 0. The number of fused-ring (bicyclic) bond motifs is 5. The van der Waals surface area contributed by atoms with Gasteiger partial charge in [-0.3, -0.25) is 0 Å². The van der Waals surface area contributed by atoms with Gasteiger partial charge in [0.1, 0.15) is 0 Å². The zero-order valence-corrected chi connectivity index (χ0v) is 10.6. The molecule has 0 saturated heterocycles. The van der Waals surface area contributed by atoms with Crippen LogP contribution in [-0.2, 0) is 0 Å². The van der Waals surface area contributed by atoms with Crippen molar-refractivity contribution in [1.82, 2.24) is 5.32 Å². The summed E-state index contributed by atoms with van der Waals surface area (Å²) in [6.07, 6.45) is 9.67. The summed E-state index contributed by atoms with van der Waals surface area (Å²) in [5.41, 5.74) is 0. The van der Waals surface area contributed by atoms with E-state index in [2.05, 4.69) is 11.6 Å². The Morgan fingerprint density at radius 3 is 2.53 bits per heavy atom. The Hall–Kier alpha value is 0.310. The van der Waals surface area contributed by atoms with Crippen molar-refractivity contribution in [3.05, 3.63) is 0 Å². The van der Waals surface area contributed by atoms with Gasteiger partial charge in [0, 0.05) is 6.04 Å². The number of nitrogens with one attached hydrogen (secondary N) is 1. The minimum atomic E-state index is 0.950. The van der Waals surface area contributed by atoms with Gasteiger partial charge in [-0.05, 0) is 74.3 Å². The molecule has 0 spiro atoms. The molecule has 0 aromatic heterocycles. The fourth-order valence-corrected chi connectivity index (χ4v) is 4.73. The van der Waals surface area contributed by atoms with Gasteiger partial charge in [-0.1, -0.05) is 0 Å². The molecule has 0 aromatic carbocycles. The van der Waals surface area contributed by atoms with Gasteiger partial charge < -0.3 is 5.32 Å². The van der Waals surface area contributed by atoms with E-state index in [1.165, 1.54) is 25.1 Å². The SMILES string of the molecule is CSCCCCNC1C2C3CCC(C3)C12. The molecule has 15 heavy (non-hydrogen) atoms. The minimum absolute atomic E-state index is 0.950. The molecule has 1 nitrogen and oxygen atoms in total. The second-order valence-corrected chi connectivity index (χ2v) is 6.65. The van der Waals surface area contributed by atoms with Crippen LogP contribution in [0.4, 0.5) is 0 Å². The number of hydrogen-bond acceptors (Lipinski definition) is 2. The van der Waals surface area contributed by atoms with Crippen LogP contribution in [0.1, 0.15) is 32.1 Å². The first-order valence-corrected chi connectivity index (χ1v) is 8.03. The quantitative estimate of drug-likeness (QED) is 0.698. The van der Waals surface area contributed by atoms with E-state index in [1.54, 1.807) is 19.3 Å². The fraction of sp³-hybridized carbons (Fsp3) is 1.00. The van der Waals surface area contributed by atoms with E-state index >= 15 is 0 Å². The van der Waals surface area contributed by atoms with Crippen LogP contribution in [0.5, 0.6) is 0 Å². The Morgan fingerprint density at radius 2 is 1.87 bits per heavy atom. The second-order valence-electron chi connectivity index (χ2n) is 5.67. The van der Waals surface area contributed by atoms with Crippen LogP contribution in [0.2, 0.25) is 0 Å². The standard InChI is InChI=1S/C13H23NS/c1-15-7-3-2-6-14-13-11-9-4-5-10(8-9)12(11)13/h9-14H,2-8H2,1H3. The highest BCUT2D eigenvalue weighted by molar-refractivity contribution is 7.98.